The number of likely N-dealkylation sites (N-methyl/N-ethyl adjacent to an activating group) is 1. The zero-order valence-corrected chi connectivity index (χ0v) is 33.1. The summed E-state index contributed by atoms with van der Waals surface area (Å²) < 4.78 is 16.7. The van der Waals surface area contributed by atoms with Crippen molar-refractivity contribution in [2.75, 3.05) is 26.9 Å². The summed E-state index contributed by atoms with van der Waals surface area (Å²) in [6, 6.07) is -0.0191. The Bertz CT molecular complexity index is 1430. The first-order valence-electron chi connectivity index (χ1n) is 18.7. The smallest absolute Gasteiger partial charge is 0.307 e. The Labute approximate surface area is 298 Å². The fourth-order valence-corrected chi connectivity index (χ4v) is 12.8. The molecule has 4 aliphatic carbocycles. The second-order valence-electron chi connectivity index (χ2n) is 18.6. The molecular weight excluding hydrogens is 668 g/mol. The lowest BCUT2D eigenvalue weighted by Crippen LogP contribution is -2.69. The fourth-order valence-electron chi connectivity index (χ4n) is 12.4. The maximum Gasteiger partial charge on any atom is 0.307 e. The molecule has 5 aliphatic rings. The highest BCUT2D eigenvalue weighted by atomic mass is 79.9. The summed E-state index contributed by atoms with van der Waals surface area (Å²) in [7, 11) is 2.03. The van der Waals surface area contributed by atoms with E-state index >= 15 is 0 Å². The molecule has 48 heavy (non-hydrogen) atoms. The highest BCUT2D eigenvalue weighted by molar-refractivity contribution is 9.10. The van der Waals surface area contributed by atoms with Gasteiger partial charge in [-0.3, -0.25) is 4.79 Å². The number of carbonyl (C=O) groups is 1. The predicted octanol–water partition coefficient (Wildman–Crippen LogP) is 8.19. The van der Waals surface area contributed by atoms with Crippen molar-refractivity contribution in [2.45, 2.75) is 125 Å². The SMILES string of the molecule is CN[C@@](C)(CO[C@H]1[C@H](n2ncnc2Br)CC23COC[C@@]1(C)[C@@H]2CC[C@H]1C3=CC[C@@]2(C)[C@H](C(=O)O)[C@@](C)([C@H](C)C(C)C)CC[C@]12C)C(C)C. The molecule has 1 unspecified atom stereocenters. The van der Waals surface area contributed by atoms with E-state index in [9.17, 15) is 9.90 Å². The lowest BCUT2D eigenvalue weighted by molar-refractivity contribution is -0.253. The molecule has 1 aromatic heterocycles. The standard InChI is InChI=1S/C39H63BrN4O4/c1-23(2)25(5)34(6)16-17-36(8)26-12-13-29-35(7)19-47-21-39(29,27(26)14-15-37(36,9)30(34)32(45)46)18-28(44-33(40)42-22-43-44)31(35)48-20-38(10,41-11)24(3)4/h14,22-26,28-31,41H,12-13,15-21H2,1-11H3,(H,45,46)/t25-,26+,28-,29+,30-,31+,34-,35+,36-,37+,38+,39?/m1/s1. The summed E-state index contributed by atoms with van der Waals surface area (Å²) >= 11 is 3.74. The number of nitrogens with zero attached hydrogens (tertiary/aromatic N) is 3. The van der Waals surface area contributed by atoms with Crippen molar-refractivity contribution < 1.29 is 19.4 Å². The average molecular weight is 732 g/mol. The lowest BCUT2D eigenvalue weighted by Gasteiger charge is -2.71. The summed E-state index contributed by atoms with van der Waals surface area (Å²) in [5.74, 6) is 0.873. The maximum absolute atomic E-state index is 13.5. The number of allylic oxidation sites excluding steroid dienone is 1. The Morgan fingerprint density at radius 1 is 1.15 bits per heavy atom. The Kier molecular flexibility index (Phi) is 9.24. The number of carboxylic acids is 1. The van der Waals surface area contributed by atoms with Gasteiger partial charge in [-0.25, -0.2) is 9.67 Å². The van der Waals surface area contributed by atoms with Crippen LogP contribution in [0.5, 0.6) is 0 Å². The molecule has 1 saturated heterocycles. The molecule has 9 heteroatoms. The van der Waals surface area contributed by atoms with Crippen molar-refractivity contribution in [1.82, 2.24) is 20.1 Å². The number of rotatable bonds is 9. The van der Waals surface area contributed by atoms with Crippen LogP contribution in [0, 0.1) is 62.6 Å². The minimum Gasteiger partial charge on any atom is -0.481 e. The molecule has 0 radical (unpaired) electrons. The van der Waals surface area contributed by atoms with E-state index in [2.05, 4.69) is 106 Å². The van der Waals surface area contributed by atoms with Gasteiger partial charge in [0.15, 0.2) is 4.73 Å². The number of halogens is 1. The van der Waals surface area contributed by atoms with Crippen molar-refractivity contribution >= 4 is 21.9 Å². The van der Waals surface area contributed by atoms with Crippen LogP contribution in [0.15, 0.2) is 22.7 Å². The van der Waals surface area contributed by atoms with Crippen molar-refractivity contribution in [3.05, 3.63) is 22.7 Å². The number of fused-ring (bicyclic) bond motifs is 3. The molecule has 0 amide bonds. The third-order valence-electron chi connectivity index (χ3n) is 16.3. The van der Waals surface area contributed by atoms with Gasteiger partial charge in [0, 0.05) is 16.4 Å². The van der Waals surface area contributed by atoms with Gasteiger partial charge in [0.1, 0.15) is 6.33 Å². The molecule has 0 aromatic carbocycles. The zero-order valence-electron chi connectivity index (χ0n) is 31.5. The van der Waals surface area contributed by atoms with Gasteiger partial charge >= 0.3 is 5.97 Å². The van der Waals surface area contributed by atoms with Crippen molar-refractivity contribution in [3.8, 4) is 0 Å². The number of hydrogen-bond acceptors (Lipinski definition) is 6. The van der Waals surface area contributed by atoms with E-state index in [0.29, 0.717) is 49.4 Å². The van der Waals surface area contributed by atoms with Gasteiger partial charge in [0.25, 0.3) is 0 Å². The first kappa shape index (κ1) is 36.5. The number of nitrogens with one attached hydrogen (secondary N) is 1. The van der Waals surface area contributed by atoms with Crippen LogP contribution < -0.4 is 5.32 Å². The highest BCUT2D eigenvalue weighted by Gasteiger charge is 2.72. The number of hydrogen-bond donors (Lipinski definition) is 2. The van der Waals surface area contributed by atoms with Gasteiger partial charge in [-0.15, -0.1) is 0 Å². The Morgan fingerprint density at radius 3 is 2.44 bits per heavy atom. The number of ether oxygens (including phenoxy) is 2. The van der Waals surface area contributed by atoms with Gasteiger partial charge in [-0.1, -0.05) is 74.0 Å². The highest BCUT2D eigenvalue weighted by Crippen LogP contribution is 2.75. The number of carboxylic acid groups (broad SMARTS) is 1. The van der Waals surface area contributed by atoms with Gasteiger partial charge in [-0.05, 0) is 114 Å². The Morgan fingerprint density at radius 2 is 1.85 bits per heavy atom. The molecule has 8 nitrogen and oxygen atoms in total. The first-order valence-corrected chi connectivity index (χ1v) is 19.5. The second-order valence-corrected chi connectivity index (χ2v) is 19.4. The molecule has 270 valence electrons. The van der Waals surface area contributed by atoms with E-state index in [4.69, 9.17) is 14.6 Å². The molecule has 6 rings (SSSR count). The molecule has 0 spiro atoms. The Balaban J connectivity index is 1.45. The molecular formula is C39H63BrN4O4. The van der Waals surface area contributed by atoms with E-state index in [0.717, 1.165) is 43.3 Å². The molecule has 12 atom stereocenters. The van der Waals surface area contributed by atoms with Crippen LogP contribution in [0.25, 0.3) is 0 Å². The van der Waals surface area contributed by atoms with Crippen LogP contribution in [0.3, 0.4) is 0 Å². The van der Waals surface area contributed by atoms with E-state index in [1.54, 1.807) is 6.33 Å². The van der Waals surface area contributed by atoms with Gasteiger partial charge in [-0.2, -0.15) is 5.10 Å². The minimum absolute atomic E-state index is 0.0191. The maximum atomic E-state index is 13.5. The van der Waals surface area contributed by atoms with Crippen molar-refractivity contribution in [3.63, 3.8) is 0 Å². The largest absolute Gasteiger partial charge is 0.481 e. The summed E-state index contributed by atoms with van der Waals surface area (Å²) in [6.45, 7) is 25.0. The van der Waals surface area contributed by atoms with Gasteiger partial charge in [0.05, 0.1) is 37.9 Å². The quantitative estimate of drug-likeness (QED) is 0.247. The van der Waals surface area contributed by atoms with E-state index in [1.165, 1.54) is 5.57 Å². The number of aliphatic carboxylic acids is 1. The second kappa shape index (κ2) is 12.2. The van der Waals surface area contributed by atoms with Gasteiger partial charge < -0.3 is 19.9 Å². The topological polar surface area (TPSA) is 98.5 Å². The average Bonchev–Trinajstić information content (AvgIpc) is 3.45. The Hall–Kier alpha value is -1.29. The van der Waals surface area contributed by atoms with Crippen LogP contribution >= 0.6 is 15.9 Å². The number of aromatic nitrogens is 3. The third-order valence-corrected chi connectivity index (χ3v) is 16.9. The molecule has 2 N–H and O–H groups in total. The summed E-state index contributed by atoms with van der Waals surface area (Å²) in [5.41, 5.74) is 0.269. The fraction of sp³-hybridized carbons (Fsp3) is 0.872. The van der Waals surface area contributed by atoms with Gasteiger partial charge in [0.2, 0.25) is 0 Å². The normalized spacial score (nSPS) is 44.3. The molecule has 4 fully saturated rings. The molecule has 2 bridgehead atoms. The van der Waals surface area contributed by atoms with E-state index in [-0.39, 0.29) is 44.8 Å². The predicted molar refractivity (Wildman–Crippen MR) is 192 cm³/mol. The van der Waals surface area contributed by atoms with Crippen LogP contribution in [0.1, 0.15) is 114 Å². The molecule has 3 saturated carbocycles. The van der Waals surface area contributed by atoms with Crippen LogP contribution in [0.2, 0.25) is 0 Å². The van der Waals surface area contributed by atoms with E-state index < -0.39 is 11.9 Å². The lowest BCUT2D eigenvalue weighted by atomic mass is 9.34. The van der Waals surface area contributed by atoms with Crippen molar-refractivity contribution in [1.29, 1.82) is 0 Å². The molecule has 2 heterocycles. The van der Waals surface area contributed by atoms with E-state index in [1.807, 2.05) is 7.05 Å². The summed E-state index contributed by atoms with van der Waals surface area (Å²) in [6.07, 6.45) is 9.94. The summed E-state index contributed by atoms with van der Waals surface area (Å²) in [4.78, 5) is 18.0. The minimum atomic E-state index is -0.612. The van der Waals surface area contributed by atoms with Crippen molar-refractivity contribution in [2.24, 2.45) is 62.6 Å². The van der Waals surface area contributed by atoms with Crippen LogP contribution in [-0.2, 0) is 14.3 Å². The molecule has 1 aliphatic heterocycles. The zero-order chi connectivity index (χ0) is 35.2. The summed E-state index contributed by atoms with van der Waals surface area (Å²) in [5, 5.41) is 19.4. The van der Waals surface area contributed by atoms with Crippen LogP contribution in [0.4, 0.5) is 0 Å². The monoisotopic (exact) mass is 730 g/mol. The van der Waals surface area contributed by atoms with Crippen LogP contribution in [-0.4, -0.2) is 64.4 Å². The molecule has 1 aromatic rings. The first-order chi connectivity index (χ1) is 22.4. The third kappa shape index (κ3) is 4.92.